The van der Waals surface area contributed by atoms with E-state index in [4.69, 9.17) is 9.47 Å². The second-order valence-electron chi connectivity index (χ2n) is 6.03. The summed E-state index contributed by atoms with van der Waals surface area (Å²) in [6.45, 7) is 1.93. The van der Waals surface area contributed by atoms with Crippen LogP contribution in [0.3, 0.4) is 0 Å². The summed E-state index contributed by atoms with van der Waals surface area (Å²) in [4.78, 5) is 19.1. The molecule has 126 valence electrons. The van der Waals surface area contributed by atoms with Gasteiger partial charge in [-0.2, -0.15) is 5.10 Å². The van der Waals surface area contributed by atoms with Crippen molar-refractivity contribution in [2.24, 2.45) is 0 Å². The van der Waals surface area contributed by atoms with Gasteiger partial charge >= 0.3 is 0 Å². The van der Waals surface area contributed by atoms with Crippen molar-refractivity contribution in [2.75, 3.05) is 19.8 Å². The Morgan fingerprint density at radius 2 is 2.08 bits per heavy atom. The van der Waals surface area contributed by atoms with Gasteiger partial charge in [0.05, 0.1) is 24.8 Å². The predicted octanol–water partition coefficient (Wildman–Crippen LogP) is 1.63. The van der Waals surface area contributed by atoms with Crippen molar-refractivity contribution in [3.63, 3.8) is 0 Å². The normalized spacial score (nSPS) is 22.0. The minimum atomic E-state index is -0.300. The molecule has 2 aliphatic heterocycles. The molecule has 2 aromatic rings. The third-order valence-corrected chi connectivity index (χ3v) is 4.51. The summed E-state index contributed by atoms with van der Waals surface area (Å²) in [5, 5.41) is 4.14. The number of piperidine rings is 1. The third-order valence-electron chi connectivity index (χ3n) is 4.51. The fourth-order valence-electron chi connectivity index (χ4n) is 3.31. The molecule has 7 heteroatoms. The molecule has 0 radical (unpaired) electrons. The first-order valence-electron chi connectivity index (χ1n) is 8.33. The minimum absolute atomic E-state index is 0.0143. The van der Waals surface area contributed by atoms with Crippen molar-refractivity contribution in [3.8, 4) is 5.82 Å². The van der Waals surface area contributed by atoms with E-state index in [2.05, 4.69) is 10.1 Å². The lowest BCUT2D eigenvalue weighted by atomic mass is 10.0. The van der Waals surface area contributed by atoms with Crippen LogP contribution in [0.5, 0.6) is 0 Å². The lowest BCUT2D eigenvalue weighted by molar-refractivity contribution is -0.100. The van der Waals surface area contributed by atoms with Crippen LogP contribution in [-0.2, 0) is 9.47 Å². The van der Waals surface area contributed by atoms with Crippen LogP contribution in [0.1, 0.15) is 29.6 Å². The minimum Gasteiger partial charge on any atom is -0.348 e. The van der Waals surface area contributed by atoms with Crippen molar-refractivity contribution in [1.29, 1.82) is 0 Å². The number of nitrogens with zero attached hydrogens (tertiary/aromatic N) is 4. The van der Waals surface area contributed by atoms with E-state index in [9.17, 15) is 4.79 Å². The molecule has 0 N–H and O–H groups in total. The molecule has 0 aliphatic carbocycles. The van der Waals surface area contributed by atoms with E-state index in [1.807, 2.05) is 23.2 Å². The van der Waals surface area contributed by atoms with Crippen LogP contribution in [0.25, 0.3) is 5.82 Å². The Morgan fingerprint density at radius 3 is 2.79 bits per heavy atom. The lowest BCUT2D eigenvalue weighted by Gasteiger charge is -2.38. The first kappa shape index (κ1) is 15.3. The SMILES string of the molecule is O=C(c1ccc(-n2cccn2)nc1)N1CCCCC1C1OCCO1. The van der Waals surface area contributed by atoms with Crippen LogP contribution in [0.2, 0.25) is 0 Å². The number of hydrogen-bond donors (Lipinski definition) is 0. The first-order valence-corrected chi connectivity index (χ1v) is 8.33. The quantitative estimate of drug-likeness (QED) is 0.856. The van der Waals surface area contributed by atoms with Gasteiger partial charge in [0.1, 0.15) is 0 Å². The van der Waals surface area contributed by atoms with Gasteiger partial charge in [-0.15, -0.1) is 0 Å². The molecule has 4 heterocycles. The average molecular weight is 328 g/mol. The van der Waals surface area contributed by atoms with Gasteiger partial charge in [-0.3, -0.25) is 4.79 Å². The Hall–Kier alpha value is -2.25. The number of likely N-dealkylation sites (tertiary alicyclic amines) is 1. The van der Waals surface area contributed by atoms with Crippen molar-refractivity contribution in [2.45, 2.75) is 31.6 Å². The Morgan fingerprint density at radius 1 is 1.21 bits per heavy atom. The van der Waals surface area contributed by atoms with Crippen molar-refractivity contribution < 1.29 is 14.3 Å². The van der Waals surface area contributed by atoms with Crippen molar-refractivity contribution in [3.05, 3.63) is 42.4 Å². The Labute approximate surface area is 140 Å². The van der Waals surface area contributed by atoms with Crippen LogP contribution in [-0.4, -0.2) is 57.7 Å². The van der Waals surface area contributed by atoms with E-state index < -0.39 is 0 Å². The smallest absolute Gasteiger partial charge is 0.255 e. The molecule has 0 saturated carbocycles. The topological polar surface area (TPSA) is 69.5 Å². The van der Waals surface area contributed by atoms with Crippen LogP contribution < -0.4 is 0 Å². The molecule has 0 spiro atoms. The van der Waals surface area contributed by atoms with Gasteiger partial charge in [-0.1, -0.05) is 0 Å². The zero-order chi connectivity index (χ0) is 16.4. The highest BCUT2D eigenvalue weighted by molar-refractivity contribution is 5.94. The molecule has 4 rings (SSSR count). The molecular formula is C17H20N4O3. The fraction of sp³-hybridized carbons (Fsp3) is 0.471. The number of carbonyl (C=O) groups excluding carboxylic acids is 1. The van der Waals surface area contributed by atoms with E-state index in [-0.39, 0.29) is 18.2 Å². The number of aromatic nitrogens is 3. The van der Waals surface area contributed by atoms with E-state index in [0.717, 1.165) is 25.8 Å². The van der Waals surface area contributed by atoms with Crippen LogP contribution in [0, 0.1) is 0 Å². The summed E-state index contributed by atoms with van der Waals surface area (Å²) < 4.78 is 12.9. The molecule has 7 nitrogen and oxygen atoms in total. The number of carbonyl (C=O) groups is 1. The number of pyridine rings is 1. The summed E-state index contributed by atoms with van der Waals surface area (Å²) in [6.07, 6.45) is 7.84. The number of hydrogen-bond acceptors (Lipinski definition) is 5. The van der Waals surface area contributed by atoms with Gasteiger partial charge in [-0.05, 0) is 37.5 Å². The fourth-order valence-corrected chi connectivity index (χ4v) is 3.31. The highest BCUT2D eigenvalue weighted by Gasteiger charge is 2.36. The summed E-state index contributed by atoms with van der Waals surface area (Å²) in [5.41, 5.74) is 0.579. The number of ether oxygens (including phenoxy) is 2. The Kier molecular flexibility index (Phi) is 4.27. The third kappa shape index (κ3) is 2.92. The zero-order valence-electron chi connectivity index (χ0n) is 13.4. The molecule has 2 aliphatic rings. The Balaban J connectivity index is 1.53. The highest BCUT2D eigenvalue weighted by Crippen LogP contribution is 2.26. The number of amides is 1. The van der Waals surface area contributed by atoms with Gasteiger partial charge in [-0.25, -0.2) is 9.67 Å². The molecular weight excluding hydrogens is 308 g/mol. The summed E-state index contributed by atoms with van der Waals surface area (Å²) in [7, 11) is 0. The number of rotatable bonds is 3. The standard InChI is InChI=1S/C17H20N4O3/c22-16(13-5-6-15(18-12-13)21-9-3-7-19-21)20-8-2-1-4-14(20)17-23-10-11-24-17/h3,5-7,9,12,14,17H,1-2,4,8,10-11H2. The molecule has 0 bridgehead atoms. The van der Waals surface area contributed by atoms with Crippen molar-refractivity contribution in [1.82, 2.24) is 19.7 Å². The maximum absolute atomic E-state index is 12.9. The average Bonchev–Trinajstić information content (AvgIpc) is 3.35. The molecule has 2 aromatic heterocycles. The molecule has 1 atom stereocenters. The zero-order valence-corrected chi connectivity index (χ0v) is 13.4. The van der Waals surface area contributed by atoms with Crippen LogP contribution in [0.4, 0.5) is 0 Å². The molecule has 1 unspecified atom stereocenters. The van der Waals surface area contributed by atoms with Crippen LogP contribution in [0.15, 0.2) is 36.8 Å². The van der Waals surface area contributed by atoms with Gasteiger partial charge < -0.3 is 14.4 Å². The maximum atomic E-state index is 12.9. The molecule has 2 fully saturated rings. The van der Waals surface area contributed by atoms with Gasteiger partial charge in [0, 0.05) is 25.1 Å². The van der Waals surface area contributed by atoms with Crippen LogP contribution >= 0.6 is 0 Å². The highest BCUT2D eigenvalue weighted by atomic mass is 16.7. The van der Waals surface area contributed by atoms with E-state index >= 15 is 0 Å². The van der Waals surface area contributed by atoms with Crippen molar-refractivity contribution >= 4 is 5.91 Å². The Bertz CT molecular complexity index is 680. The monoisotopic (exact) mass is 328 g/mol. The summed E-state index contributed by atoms with van der Waals surface area (Å²) >= 11 is 0. The second-order valence-corrected chi connectivity index (χ2v) is 6.03. The largest absolute Gasteiger partial charge is 0.348 e. The first-order chi connectivity index (χ1) is 11.8. The van der Waals surface area contributed by atoms with Gasteiger partial charge in [0.25, 0.3) is 5.91 Å². The maximum Gasteiger partial charge on any atom is 0.255 e. The van der Waals surface area contributed by atoms with E-state index in [0.29, 0.717) is 24.6 Å². The van der Waals surface area contributed by atoms with Gasteiger partial charge in [0.2, 0.25) is 0 Å². The molecule has 2 saturated heterocycles. The summed E-state index contributed by atoms with van der Waals surface area (Å²) in [6, 6.07) is 5.43. The van der Waals surface area contributed by atoms with E-state index in [1.54, 1.807) is 23.1 Å². The second kappa shape index (κ2) is 6.70. The van der Waals surface area contributed by atoms with E-state index in [1.165, 1.54) is 0 Å². The molecule has 0 aromatic carbocycles. The molecule has 24 heavy (non-hydrogen) atoms. The molecule has 1 amide bonds. The summed E-state index contributed by atoms with van der Waals surface area (Å²) in [5.74, 6) is 0.674. The lowest BCUT2D eigenvalue weighted by Crippen LogP contribution is -2.50. The van der Waals surface area contributed by atoms with Gasteiger partial charge in [0.15, 0.2) is 12.1 Å². The predicted molar refractivity (Wildman–Crippen MR) is 85.7 cm³/mol.